The zero-order valence-corrected chi connectivity index (χ0v) is 19.4. The Morgan fingerprint density at radius 3 is 2.52 bits per heavy atom. The third kappa shape index (κ3) is 5.02. The number of nitrogens with zero attached hydrogens (tertiary/aromatic N) is 4. The smallest absolute Gasteiger partial charge is 0.300 e. The number of hydrogen-bond acceptors (Lipinski definition) is 7. The number of aliphatic carboxylic acids is 1. The third-order valence-electron chi connectivity index (χ3n) is 6.68. The van der Waals surface area contributed by atoms with Crippen LogP contribution in [0.5, 0.6) is 0 Å². The van der Waals surface area contributed by atoms with Crippen LogP contribution in [0.25, 0.3) is 5.65 Å². The van der Waals surface area contributed by atoms with Crippen LogP contribution in [0, 0.1) is 5.92 Å². The molecule has 3 saturated heterocycles. The molecule has 3 fully saturated rings. The summed E-state index contributed by atoms with van der Waals surface area (Å²) in [6, 6.07) is 4.61. The lowest BCUT2D eigenvalue weighted by atomic mass is 9.85. The van der Waals surface area contributed by atoms with Crippen molar-refractivity contribution in [2.24, 2.45) is 5.92 Å². The summed E-state index contributed by atoms with van der Waals surface area (Å²) in [5.41, 5.74) is 0.998. The number of hydrogen-bond donors (Lipinski definition) is 3. The maximum atomic E-state index is 13.3. The van der Waals surface area contributed by atoms with Crippen LogP contribution in [-0.2, 0) is 9.53 Å². The van der Waals surface area contributed by atoms with Gasteiger partial charge in [0, 0.05) is 31.7 Å². The van der Waals surface area contributed by atoms with Gasteiger partial charge in [-0.15, -0.1) is 10.2 Å². The van der Waals surface area contributed by atoms with Crippen LogP contribution in [0.3, 0.4) is 0 Å². The standard InChI is InChI=1S/C21H29N5O3.C2H4O2/c1-13(2)18(27)19-24-23-17-6-3-14(11-26(17)19)20(28)25-7-8-29-21(12-25)9-15-4-5-16(10-21)22-15;1-2(3)4/h3,6,11,13,15-16,18,22,27H,4-5,7-10,12H2,1-2H3;1H3,(H,3,4)/t15-,16+,18?,21?;. The van der Waals surface area contributed by atoms with Gasteiger partial charge in [0.05, 0.1) is 24.3 Å². The number of rotatable bonds is 3. The number of carboxylic acids is 1. The van der Waals surface area contributed by atoms with Gasteiger partial charge >= 0.3 is 0 Å². The van der Waals surface area contributed by atoms with Gasteiger partial charge in [0.25, 0.3) is 11.9 Å². The normalized spacial score (nSPS) is 27.5. The number of carboxylic acid groups (broad SMARTS) is 1. The minimum absolute atomic E-state index is 0.000795. The number of carbonyl (C=O) groups is 2. The Morgan fingerprint density at radius 1 is 1.21 bits per heavy atom. The topological polar surface area (TPSA) is 129 Å². The quantitative estimate of drug-likeness (QED) is 0.632. The highest BCUT2D eigenvalue weighted by Crippen LogP contribution is 2.38. The summed E-state index contributed by atoms with van der Waals surface area (Å²) < 4.78 is 7.98. The fourth-order valence-corrected chi connectivity index (χ4v) is 5.19. The van der Waals surface area contributed by atoms with Crippen LogP contribution < -0.4 is 5.32 Å². The van der Waals surface area contributed by atoms with Crippen molar-refractivity contribution in [3.63, 3.8) is 0 Å². The summed E-state index contributed by atoms with van der Waals surface area (Å²) in [4.78, 5) is 24.3. The van der Waals surface area contributed by atoms with Gasteiger partial charge in [0.15, 0.2) is 11.5 Å². The molecule has 1 spiro atoms. The summed E-state index contributed by atoms with van der Waals surface area (Å²) in [5, 5.41) is 29.8. The van der Waals surface area contributed by atoms with Crippen LogP contribution >= 0.6 is 0 Å². The summed E-state index contributed by atoms with van der Waals surface area (Å²) in [7, 11) is 0. The Labute approximate surface area is 192 Å². The van der Waals surface area contributed by atoms with Gasteiger partial charge in [-0.05, 0) is 43.7 Å². The van der Waals surface area contributed by atoms with Crippen LogP contribution in [-0.4, -0.2) is 79.0 Å². The molecule has 4 atom stereocenters. The first-order valence-electron chi connectivity index (χ1n) is 11.6. The van der Waals surface area contributed by atoms with Crippen molar-refractivity contribution in [2.45, 2.75) is 70.2 Å². The third-order valence-corrected chi connectivity index (χ3v) is 6.68. The van der Waals surface area contributed by atoms with Crippen molar-refractivity contribution >= 4 is 17.5 Å². The molecule has 3 aliphatic heterocycles. The lowest BCUT2D eigenvalue weighted by Crippen LogP contribution is -2.60. The molecule has 3 aliphatic rings. The number of nitrogens with one attached hydrogen (secondary N) is 1. The second kappa shape index (κ2) is 9.36. The van der Waals surface area contributed by atoms with Gasteiger partial charge in [-0.25, -0.2) is 0 Å². The van der Waals surface area contributed by atoms with Gasteiger partial charge < -0.3 is 25.2 Å². The number of carbonyl (C=O) groups excluding carboxylic acids is 1. The highest BCUT2D eigenvalue weighted by molar-refractivity contribution is 5.94. The highest BCUT2D eigenvalue weighted by atomic mass is 16.5. The summed E-state index contributed by atoms with van der Waals surface area (Å²) in [5.74, 6) is -0.353. The molecular weight excluding hydrogens is 426 g/mol. The second-order valence-corrected chi connectivity index (χ2v) is 9.72. The Balaban J connectivity index is 0.000000601. The Hall–Kier alpha value is -2.56. The van der Waals surface area contributed by atoms with Crippen LogP contribution in [0.2, 0.25) is 0 Å². The van der Waals surface area contributed by atoms with Crippen molar-refractivity contribution in [2.75, 3.05) is 19.7 Å². The summed E-state index contributed by atoms with van der Waals surface area (Å²) in [6.07, 6.45) is 5.38. The Kier molecular flexibility index (Phi) is 6.69. The molecule has 5 rings (SSSR count). The van der Waals surface area contributed by atoms with Crippen molar-refractivity contribution in [3.05, 3.63) is 29.7 Å². The molecule has 0 aromatic carbocycles. The molecule has 2 bridgehead atoms. The number of fused-ring (bicyclic) bond motifs is 3. The van der Waals surface area contributed by atoms with Crippen molar-refractivity contribution in [1.29, 1.82) is 0 Å². The molecule has 0 saturated carbocycles. The first kappa shape index (κ1) is 23.6. The molecule has 0 aliphatic carbocycles. The molecule has 2 unspecified atom stereocenters. The van der Waals surface area contributed by atoms with E-state index < -0.39 is 12.1 Å². The Bertz CT molecular complexity index is 1010. The van der Waals surface area contributed by atoms with E-state index in [1.54, 1.807) is 22.7 Å². The number of morpholine rings is 1. The van der Waals surface area contributed by atoms with Crippen molar-refractivity contribution in [3.8, 4) is 0 Å². The highest BCUT2D eigenvalue weighted by Gasteiger charge is 2.47. The molecule has 3 N–H and O–H groups in total. The first-order valence-corrected chi connectivity index (χ1v) is 11.6. The molecular formula is C23H33N5O5. The zero-order chi connectivity index (χ0) is 23.8. The first-order chi connectivity index (χ1) is 15.7. The number of piperidine rings is 1. The lowest BCUT2D eigenvalue weighted by Gasteiger charge is -2.47. The van der Waals surface area contributed by atoms with E-state index in [1.807, 2.05) is 18.7 Å². The summed E-state index contributed by atoms with van der Waals surface area (Å²) >= 11 is 0. The van der Waals surface area contributed by atoms with Gasteiger partial charge in [-0.2, -0.15) is 0 Å². The SMILES string of the molecule is CC(=O)O.CC(C)C(O)c1nnc2ccc(C(=O)N3CCOC4(C[C@H]5CC[C@@H](C4)N5)C3)cn12. The number of amides is 1. The van der Waals surface area contributed by atoms with Crippen LogP contribution in [0.1, 0.15) is 68.7 Å². The molecule has 0 radical (unpaired) electrons. The average Bonchev–Trinajstić information content (AvgIpc) is 3.34. The second-order valence-electron chi connectivity index (χ2n) is 9.72. The molecule has 2 aromatic rings. The predicted molar refractivity (Wildman–Crippen MR) is 120 cm³/mol. The Morgan fingerprint density at radius 2 is 1.88 bits per heavy atom. The van der Waals surface area contributed by atoms with E-state index in [0.717, 1.165) is 19.8 Å². The van der Waals surface area contributed by atoms with Crippen molar-refractivity contribution in [1.82, 2.24) is 24.8 Å². The van der Waals surface area contributed by atoms with E-state index in [2.05, 4.69) is 15.5 Å². The maximum absolute atomic E-state index is 13.3. The van der Waals surface area contributed by atoms with E-state index in [1.165, 1.54) is 12.8 Å². The fourth-order valence-electron chi connectivity index (χ4n) is 5.19. The zero-order valence-electron chi connectivity index (χ0n) is 19.4. The number of aliphatic hydroxyl groups excluding tert-OH is 1. The maximum Gasteiger partial charge on any atom is 0.300 e. The van der Waals surface area contributed by atoms with Gasteiger partial charge in [-0.1, -0.05) is 13.8 Å². The van der Waals surface area contributed by atoms with Gasteiger partial charge in [0.1, 0.15) is 6.10 Å². The number of ether oxygens (including phenoxy) is 1. The van der Waals surface area contributed by atoms with Crippen molar-refractivity contribution < 1.29 is 24.5 Å². The number of aliphatic hydroxyl groups is 1. The minimum Gasteiger partial charge on any atom is -0.481 e. The molecule has 5 heterocycles. The number of aromatic nitrogens is 3. The minimum atomic E-state index is -0.833. The number of pyridine rings is 1. The van der Waals surface area contributed by atoms with Gasteiger partial charge in [-0.3, -0.25) is 14.0 Å². The molecule has 2 aromatic heterocycles. The van der Waals surface area contributed by atoms with E-state index in [-0.39, 0.29) is 17.4 Å². The molecule has 33 heavy (non-hydrogen) atoms. The fraction of sp³-hybridized carbons (Fsp3) is 0.652. The molecule has 10 nitrogen and oxygen atoms in total. The molecule has 1 amide bonds. The monoisotopic (exact) mass is 459 g/mol. The predicted octanol–water partition coefficient (Wildman–Crippen LogP) is 1.64. The van der Waals surface area contributed by atoms with Crippen LogP contribution in [0.4, 0.5) is 0 Å². The van der Waals surface area contributed by atoms with E-state index in [4.69, 9.17) is 14.6 Å². The average molecular weight is 460 g/mol. The van der Waals surface area contributed by atoms with E-state index >= 15 is 0 Å². The summed E-state index contributed by atoms with van der Waals surface area (Å²) in [6.45, 7) is 6.77. The molecule has 10 heteroatoms. The van der Waals surface area contributed by atoms with Gasteiger partial charge in [0.2, 0.25) is 0 Å². The largest absolute Gasteiger partial charge is 0.481 e. The van der Waals surface area contributed by atoms with E-state index in [0.29, 0.717) is 48.8 Å². The van der Waals surface area contributed by atoms with Crippen LogP contribution in [0.15, 0.2) is 18.3 Å². The molecule has 180 valence electrons. The van der Waals surface area contributed by atoms with E-state index in [9.17, 15) is 9.90 Å². The lowest BCUT2D eigenvalue weighted by molar-refractivity contribution is -0.134.